The highest BCUT2D eigenvalue weighted by Gasteiger charge is 2.31. The maximum absolute atomic E-state index is 13.1. The number of rotatable bonds is 7. The molecule has 0 spiro atoms. The Bertz CT molecular complexity index is 882. The predicted octanol–water partition coefficient (Wildman–Crippen LogP) is 3.92. The Labute approximate surface area is 164 Å². The van der Waals surface area contributed by atoms with Gasteiger partial charge < -0.3 is 10.2 Å². The number of nitrogens with zero attached hydrogens (tertiary/aromatic N) is 1. The average Bonchev–Trinajstić information content (AvgIpc) is 3.61. The molecule has 2 fully saturated rings. The summed E-state index contributed by atoms with van der Waals surface area (Å²) in [7, 11) is 0. The minimum atomic E-state index is -0.276. The minimum absolute atomic E-state index is 0.0479. The summed E-state index contributed by atoms with van der Waals surface area (Å²) in [6.45, 7) is 0.481. The van der Waals surface area contributed by atoms with E-state index in [1.54, 1.807) is 36.4 Å². The van der Waals surface area contributed by atoms with Gasteiger partial charge in [-0.3, -0.25) is 9.59 Å². The fourth-order valence-corrected chi connectivity index (χ4v) is 3.06. The zero-order valence-electron chi connectivity index (χ0n) is 15.6. The van der Waals surface area contributed by atoms with Crippen molar-refractivity contribution in [3.8, 4) is 0 Å². The van der Waals surface area contributed by atoms with Crippen LogP contribution in [0, 0.1) is 5.82 Å². The molecule has 2 aliphatic rings. The van der Waals surface area contributed by atoms with Gasteiger partial charge in [0.2, 0.25) is 5.91 Å². The van der Waals surface area contributed by atoms with Crippen molar-refractivity contribution >= 4 is 17.9 Å². The molecular weight excluding hydrogens is 355 g/mol. The van der Waals surface area contributed by atoms with Crippen LogP contribution in [0.5, 0.6) is 0 Å². The van der Waals surface area contributed by atoms with Gasteiger partial charge in [-0.05, 0) is 67.2 Å². The highest BCUT2D eigenvalue weighted by molar-refractivity contribution is 5.95. The molecular formula is C23H23FN2O2. The lowest BCUT2D eigenvalue weighted by Gasteiger charge is -2.21. The second kappa shape index (κ2) is 7.97. The summed E-state index contributed by atoms with van der Waals surface area (Å²) in [4.78, 5) is 26.5. The van der Waals surface area contributed by atoms with E-state index in [0.717, 1.165) is 36.8 Å². The number of halogens is 1. The summed E-state index contributed by atoms with van der Waals surface area (Å²) in [5, 5.41) is 2.96. The van der Waals surface area contributed by atoms with E-state index in [9.17, 15) is 14.0 Å². The van der Waals surface area contributed by atoms with Gasteiger partial charge in [0.15, 0.2) is 0 Å². The molecule has 0 bridgehead atoms. The van der Waals surface area contributed by atoms with Crippen molar-refractivity contribution < 1.29 is 14.0 Å². The molecule has 144 valence electrons. The van der Waals surface area contributed by atoms with E-state index in [-0.39, 0.29) is 23.7 Å². The Kier molecular flexibility index (Phi) is 5.24. The van der Waals surface area contributed by atoms with Crippen LogP contribution in [0.3, 0.4) is 0 Å². The van der Waals surface area contributed by atoms with Gasteiger partial charge in [-0.1, -0.05) is 24.3 Å². The summed E-state index contributed by atoms with van der Waals surface area (Å²) >= 11 is 0. The normalized spacial score (nSPS) is 16.2. The predicted molar refractivity (Wildman–Crippen MR) is 106 cm³/mol. The van der Waals surface area contributed by atoms with E-state index < -0.39 is 0 Å². The molecule has 1 N–H and O–H groups in total. The van der Waals surface area contributed by atoms with E-state index in [4.69, 9.17) is 0 Å². The molecule has 0 aliphatic heterocycles. The number of amides is 2. The van der Waals surface area contributed by atoms with Gasteiger partial charge in [0.25, 0.3) is 5.91 Å². The first-order valence-corrected chi connectivity index (χ1v) is 9.72. The van der Waals surface area contributed by atoms with Crippen LogP contribution < -0.4 is 5.32 Å². The summed E-state index contributed by atoms with van der Waals surface area (Å²) in [6.07, 6.45) is 7.47. The smallest absolute Gasteiger partial charge is 0.251 e. The molecule has 2 aliphatic carbocycles. The highest BCUT2D eigenvalue weighted by atomic mass is 19.1. The maximum Gasteiger partial charge on any atom is 0.251 e. The molecule has 0 atom stereocenters. The van der Waals surface area contributed by atoms with Crippen LogP contribution in [0.25, 0.3) is 6.08 Å². The Balaban J connectivity index is 1.38. The fourth-order valence-electron chi connectivity index (χ4n) is 3.06. The summed E-state index contributed by atoms with van der Waals surface area (Å²) in [5.41, 5.74) is 2.42. The summed E-state index contributed by atoms with van der Waals surface area (Å²) in [6, 6.07) is 14.1. The van der Waals surface area contributed by atoms with E-state index in [2.05, 4.69) is 5.32 Å². The van der Waals surface area contributed by atoms with E-state index in [1.807, 2.05) is 17.0 Å². The molecule has 0 saturated heterocycles. The van der Waals surface area contributed by atoms with Crippen LogP contribution in [0.2, 0.25) is 0 Å². The molecule has 0 heterocycles. The van der Waals surface area contributed by atoms with Crippen molar-refractivity contribution in [1.29, 1.82) is 0 Å². The lowest BCUT2D eigenvalue weighted by atomic mass is 10.1. The van der Waals surface area contributed by atoms with Crippen LogP contribution in [0.15, 0.2) is 54.6 Å². The molecule has 0 unspecified atom stereocenters. The van der Waals surface area contributed by atoms with Crippen LogP contribution in [-0.4, -0.2) is 28.8 Å². The summed E-state index contributed by atoms with van der Waals surface area (Å²) in [5.74, 6) is -0.377. The lowest BCUT2D eigenvalue weighted by molar-refractivity contribution is -0.127. The quantitative estimate of drug-likeness (QED) is 0.743. The largest absolute Gasteiger partial charge is 0.349 e. The van der Waals surface area contributed by atoms with E-state index in [0.29, 0.717) is 18.2 Å². The van der Waals surface area contributed by atoms with Crippen LogP contribution >= 0.6 is 0 Å². The number of hydrogen-bond acceptors (Lipinski definition) is 2. The number of carbonyl (C=O) groups excluding carboxylic acids is 2. The molecule has 4 nitrogen and oxygen atoms in total. The monoisotopic (exact) mass is 378 g/mol. The van der Waals surface area contributed by atoms with Crippen molar-refractivity contribution in [2.24, 2.45) is 0 Å². The standard InChI is InChI=1S/C23H23FN2O2/c24-19-8-3-17(4-9-19)15-26(21-12-13-21)22(27)14-5-16-1-6-18(7-2-16)23(28)25-20-10-11-20/h1-9,14,20-21H,10-13,15H2,(H,25,28)/b14-5+. The minimum Gasteiger partial charge on any atom is -0.349 e. The molecule has 28 heavy (non-hydrogen) atoms. The number of benzene rings is 2. The van der Waals surface area contributed by atoms with Crippen molar-refractivity contribution in [2.75, 3.05) is 0 Å². The number of hydrogen-bond donors (Lipinski definition) is 1. The second-order valence-corrected chi connectivity index (χ2v) is 7.53. The van der Waals surface area contributed by atoms with Crippen LogP contribution in [-0.2, 0) is 11.3 Å². The first-order chi connectivity index (χ1) is 13.6. The molecule has 0 aromatic heterocycles. The topological polar surface area (TPSA) is 49.4 Å². The van der Waals surface area contributed by atoms with Gasteiger partial charge >= 0.3 is 0 Å². The third-order valence-electron chi connectivity index (χ3n) is 5.04. The van der Waals surface area contributed by atoms with Gasteiger partial charge in [0, 0.05) is 30.3 Å². The third kappa shape index (κ3) is 4.85. The Morgan fingerprint density at radius 3 is 2.29 bits per heavy atom. The highest BCUT2D eigenvalue weighted by Crippen LogP contribution is 2.29. The molecule has 2 aromatic carbocycles. The second-order valence-electron chi connectivity index (χ2n) is 7.53. The van der Waals surface area contributed by atoms with Crippen molar-refractivity contribution in [3.63, 3.8) is 0 Å². The van der Waals surface area contributed by atoms with Crippen molar-refractivity contribution in [1.82, 2.24) is 10.2 Å². The average molecular weight is 378 g/mol. The van der Waals surface area contributed by atoms with Gasteiger partial charge in [0.1, 0.15) is 5.82 Å². The van der Waals surface area contributed by atoms with E-state index >= 15 is 0 Å². The van der Waals surface area contributed by atoms with Gasteiger partial charge in [-0.25, -0.2) is 4.39 Å². The number of carbonyl (C=O) groups is 2. The van der Waals surface area contributed by atoms with Crippen molar-refractivity contribution in [3.05, 3.63) is 77.1 Å². The maximum atomic E-state index is 13.1. The molecule has 0 radical (unpaired) electrons. The van der Waals surface area contributed by atoms with Gasteiger partial charge in [-0.15, -0.1) is 0 Å². The van der Waals surface area contributed by atoms with Gasteiger partial charge in [-0.2, -0.15) is 0 Å². The molecule has 5 heteroatoms. The fraction of sp³-hybridized carbons (Fsp3) is 0.304. The zero-order chi connectivity index (χ0) is 19.5. The Morgan fingerprint density at radius 1 is 1.00 bits per heavy atom. The number of nitrogens with one attached hydrogen (secondary N) is 1. The Hall–Kier alpha value is -2.95. The van der Waals surface area contributed by atoms with Crippen LogP contribution in [0.1, 0.15) is 47.2 Å². The Morgan fingerprint density at radius 2 is 1.68 bits per heavy atom. The molecule has 2 amide bonds. The molecule has 4 rings (SSSR count). The first kappa shape index (κ1) is 18.4. The molecule has 2 aromatic rings. The zero-order valence-corrected chi connectivity index (χ0v) is 15.6. The summed E-state index contributed by atoms with van der Waals surface area (Å²) < 4.78 is 13.1. The first-order valence-electron chi connectivity index (χ1n) is 9.72. The lowest BCUT2D eigenvalue weighted by Crippen LogP contribution is -2.31. The molecule has 2 saturated carbocycles. The van der Waals surface area contributed by atoms with Crippen LogP contribution in [0.4, 0.5) is 4.39 Å². The SMILES string of the molecule is O=C(NC1CC1)c1ccc(/C=C/C(=O)N(Cc2ccc(F)cc2)C2CC2)cc1. The third-order valence-corrected chi connectivity index (χ3v) is 5.04. The van der Waals surface area contributed by atoms with Crippen molar-refractivity contribution in [2.45, 2.75) is 44.3 Å². The van der Waals surface area contributed by atoms with E-state index in [1.165, 1.54) is 12.1 Å². The van der Waals surface area contributed by atoms with Gasteiger partial charge in [0.05, 0.1) is 0 Å².